The Morgan fingerprint density at radius 2 is 1.64 bits per heavy atom. The molecule has 2 aromatic carbocycles. The summed E-state index contributed by atoms with van der Waals surface area (Å²) in [5.41, 5.74) is 0.365. The van der Waals surface area contributed by atoms with Gasteiger partial charge in [-0.25, -0.2) is 4.79 Å². The molecule has 25 heavy (non-hydrogen) atoms. The highest BCUT2D eigenvalue weighted by Crippen LogP contribution is 2.45. The molecule has 1 aliphatic carbocycles. The Bertz CT molecular complexity index is 869. The standard InChI is InChI=1S/C19H14ClNO4/c20-13-6-3-5-12(11-13)19(9-4-10-19)18(24)25-21-16(22)14-7-1-2-8-15(14)17(21)23/h1-3,5-8,11H,4,9-10H2. The van der Waals surface area contributed by atoms with Crippen molar-refractivity contribution in [2.45, 2.75) is 24.7 Å². The van der Waals surface area contributed by atoms with Gasteiger partial charge >= 0.3 is 5.97 Å². The predicted molar refractivity (Wildman–Crippen MR) is 90.0 cm³/mol. The van der Waals surface area contributed by atoms with Crippen molar-refractivity contribution < 1.29 is 19.2 Å². The van der Waals surface area contributed by atoms with Gasteiger partial charge in [0.2, 0.25) is 0 Å². The van der Waals surface area contributed by atoms with Crippen molar-refractivity contribution in [3.63, 3.8) is 0 Å². The number of hydroxylamine groups is 2. The van der Waals surface area contributed by atoms with Crippen molar-refractivity contribution in [3.05, 3.63) is 70.2 Å². The summed E-state index contributed by atoms with van der Waals surface area (Å²) in [6.07, 6.45) is 2.05. The van der Waals surface area contributed by atoms with Gasteiger partial charge in [0, 0.05) is 5.02 Å². The Balaban J connectivity index is 1.62. The normalized spacial score (nSPS) is 17.9. The smallest absolute Gasteiger partial charge is 0.329 e. The van der Waals surface area contributed by atoms with E-state index in [-0.39, 0.29) is 11.1 Å². The molecule has 4 rings (SSSR count). The summed E-state index contributed by atoms with van der Waals surface area (Å²) in [7, 11) is 0. The maximum Gasteiger partial charge on any atom is 0.343 e. The van der Waals surface area contributed by atoms with Crippen LogP contribution in [0.2, 0.25) is 5.02 Å². The SMILES string of the molecule is O=C1c2ccccc2C(=O)N1OC(=O)C1(c2cccc(Cl)c2)CCC1. The molecule has 0 atom stereocenters. The Hall–Kier alpha value is -2.66. The largest absolute Gasteiger partial charge is 0.343 e. The van der Waals surface area contributed by atoms with Gasteiger partial charge in [0.25, 0.3) is 11.8 Å². The fraction of sp³-hybridized carbons (Fsp3) is 0.211. The van der Waals surface area contributed by atoms with Crippen molar-refractivity contribution in [2.24, 2.45) is 0 Å². The van der Waals surface area contributed by atoms with E-state index >= 15 is 0 Å². The first kappa shape index (κ1) is 15.8. The quantitative estimate of drug-likeness (QED) is 0.790. The number of hydrogen-bond donors (Lipinski definition) is 0. The molecule has 126 valence electrons. The molecule has 1 heterocycles. The molecule has 0 radical (unpaired) electrons. The van der Waals surface area contributed by atoms with E-state index in [4.69, 9.17) is 16.4 Å². The number of benzene rings is 2. The second kappa shape index (κ2) is 5.70. The second-order valence-corrected chi connectivity index (χ2v) is 6.71. The van der Waals surface area contributed by atoms with Gasteiger partial charge in [-0.2, -0.15) is 0 Å². The minimum absolute atomic E-state index is 0.241. The lowest BCUT2D eigenvalue weighted by molar-refractivity contribution is -0.179. The van der Waals surface area contributed by atoms with Gasteiger partial charge in [0.05, 0.1) is 16.5 Å². The summed E-state index contributed by atoms with van der Waals surface area (Å²) >= 11 is 6.04. The van der Waals surface area contributed by atoms with Crippen LogP contribution in [0.4, 0.5) is 0 Å². The maximum atomic E-state index is 12.8. The third-order valence-electron chi connectivity index (χ3n) is 4.91. The van der Waals surface area contributed by atoms with Crippen LogP contribution in [0.5, 0.6) is 0 Å². The topological polar surface area (TPSA) is 63.7 Å². The summed E-state index contributed by atoms with van der Waals surface area (Å²) in [5.74, 6) is -1.83. The molecule has 0 unspecified atom stereocenters. The molecule has 1 aliphatic heterocycles. The van der Waals surface area contributed by atoms with E-state index in [1.54, 1.807) is 42.5 Å². The zero-order valence-corrected chi connectivity index (χ0v) is 14.0. The molecular weight excluding hydrogens is 342 g/mol. The molecule has 6 heteroatoms. The van der Waals surface area contributed by atoms with E-state index in [1.807, 2.05) is 6.07 Å². The molecular formula is C19H14ClNO4. The van der Waals surface area contributed by atoms with E-state index in [0.717, 1.165) is 12.0 Å². The number of halogens is 1. The Kier molecular flexibility index (Phi) is 3.62. The summed E-state index contributed by atoms with van der Waals surface area (Å²) in [6, 6.07) is 13.4. The summed E-state index contributed by atoms with van der Waals surface area (Å²) in [6.45, 7) is 0. The lowest BCUT2D eigenvalue weighted by Gasteiger charge is -2.39. The highest BCUT2D eigenvalue weighted by Gasteiger charge is 2.50. The van der Waals surface area contributed by atoms with Gasteiger partial charge < -0.3 is 4.84 Å². The van der Waals surface area contributed by atoms with Gasteiger partial charge in [0.15, 0.2) is 0 Å². The first-order valence-electron chi connectivity index (χ1n) is 7.99. The van der Waals surface area contributed by atoms with E-state index < -0.39 is 23.2 Å². The van der Waals surface area contributed by atoms with Crippen molar-refractivity contribution in [1.29, 1.82) is 0 Å². The lowest BCUT2D eigenvalue weighted by atomic mass is 9.64. The minimum atomic E-state index is -0.861. The maximum absolute atomic E-state index is 12.8. The zero-order valence-electron chi connectivity index (χ0n) is 13.2. The number of amides is 2. The number of imide groups is 1. The fourth-order valence-electron chi connectivity index (χ4n) is 3.35. The predicted octanol–water partition coefficient (Wildman–Crippen LogP) is 3.52. The van der Waals surface area contributed by atoms with Crippen LogP contribution in [0.1, 0.15) is 45.5 Å². The van der Waals surface area contributed by atoms with Crippen LogP contribution in [-0.4, -0.2) is 22.8 Å². The zero-order chi connectivity index (χ0) is 17.6. The van der Waals surface area contributed by atoms with E-state index in [9.17, 15) is 14.4 Å². The number of hydrogen-bond acceptors (Lipinski definition) is 4. The van der Waals surface area contributed by atoms with Crippen LogP contribution < -0.4 is 0 Å². The Labute approximate surface area is 149 Å². The van der Waals surface area contributed by atoms with E-state index in [2.05, 4.69) is 0 Å². The van der Waals surface area contributed by atoms with E-state index in [0.29, 0.717) is 22.9 Å². The van der Waals surface area contributed by atoms with Crippen LogP contribution in [-0.2, 0) is 15.0 Å². The van der Waals surface area contributed by atoms with Gasteiger partial charge in [0.1, 0.15) is 0 Å². The number of rotatable bonds is 3. The van der Waals surface area contributed by atoms with Gasteiger partial charge in [-0.1, -0.05) is 47.4 Å². The Morgan fingerprint density at radius 3 is 2.16 bits per heavy atom. The third-order valence-corrected chi connectivity index (χ3v) is 5.14. The summed E-state index contributed by atoms with van der Waals surface area (Å²) in [5, 5.41) is 1.09. The molecule has 0 aromatic heterocycles. The molecule has 2 aliphatic rings. The number of carbonyl (C=O) groups excluding carboxylic acids is 3. The van der Waals surface area contributed by atoms with Crippen molar-refractivity contribution in [2.75, 3.05) is 0 Å². The summed E-state index contributed by atoms with van der Waals surface area (Å²) < 4.78 is 0. The van der Waals surface area contributed by atoms with Crippen molar-refractivity contribution in [3.8, 4) is 0 Å². The lowest BCUT2D eigenvalue weighted by Crippen LogP contribution is -2.47. The van der Waals surface area contributed by atoms with Crippen molar-refractivity contribution >= 4 is 29.4 Å². The third kappa shape index (κ3) is 2.35. The number of carbonyl (C=O) groups is 3. The summed E-state index contributed by atoms with van der Waals surface area (Å²) in [4.78, 5) is 42.9. The molecule has 0 bridgehead atoms. The fourth-order valence-corrected chi connectivity index (χ4v) is 3.54. The second-order valence-electron chi connectivity index (χ2n) is 6.28. The average Bonchev–Trinajstić information content (AvgIpc) is 2.80. The molecule has 1 saturated carbocycles. The molecule has 2 aromatic rings. The first-order chi connectivity index (χ1) is 12.0. The van der Waals surface area contributed by atoms with Crippen LogP contribution in [0, 0.1) is 0 Å². The first-order valence-corrected chi connectivity index (χ1v) is 8.37. The van der Waals surface area contributed by atoms with Gasteiger partial charge in [-0.05, 0) is 42.7 Å². The number of fused-ring (bicyclic) bond motifs is 1. The average molecular weight is 356 g/mol. The Morgan fingerprint density at radius 1 is 1.00 bits per heavy atom. The van der Waals surface area contributed by atoms with Gasteiger partial charge in [-0.15, -0.1) is 0 Å². The molecule has 0 saturated heterocycles. The van der Waals surface area contributed by atoms with Crippen LogP contribution >= 0.6 is 11.6 Å². The molecule has 1 fully saturated rings. The van der Waals surface area contributed by atoms with Crippen LogP contribution in [0.15, 0.2) is 48.5 Å². The number of nitrogens with zero attached hydrogens (tertiary/aromatic N) is 1. The van der Waals surface area contributed by atoms with Gasteiger partial charge in [-0.3, -0.25) is 9.59 Å². The highest BCUT2D eigenvalue weighted by atomic mass is 35.5. The monoisotopic (exact) mass is 355 g/mol. The molecule has 5 nitrogen and oxygen atoms in total. The molecule has 0 N–H and O–H groups in total. The van der Waals surface area contributed by atoms with E-state index in [1.165, 1.54) is 0 Å². The molecule has 0 spiro atoms. The minimum Gasteiger partial charge on any atom is -0.329 e. The molecule has 2 amide bonds. The van der Waals surface area contributed by atoms with Crippen LogP contribution in [0.25, 0.3) is 0 Å². The highest BCUT2D eigenvalue weighted by molar-refractivity contribution is 6.30. The van der Waals surface area contributed by atoms with Crippen molar-refractivity contribution in [1.82, 2.24) is 5.06 Å². The van der Waals surface area contributed by atoms with Crippen LogP contribution in [0.3, 0.4) is 0 Å².